The van der Waals surface area contributed by atoms with Crippen molar-refractivity contribution in [1.82, 2.24) is 10.2 Å². The number of aliphatic carboxylic acids is 1. The van der Waals surface area contributed by atoms with E-state index in [1.165, 1.54) is 7.05 Å². The number of likely N-dealkylation sites (N-methyl/N-ethyl adjacent to an activating group) is 1. The molecule has 0 fully saturated rings. The fourth-order valence-corrected chi connectivity index (χ4v) is 4.08. The summed E-state index contributed by atoms with van der Waals surface area (Å²) in [6.07, 6.45) is -0.748. The lowest BCUT2D eigenvalue weighted by Crippen LogP contribution is -2.45. The Morgan fingerprint density at radius 2 is 1.59 bits per heavy atom. The molecule has 0 aromatic heterocycles. The Hall–Kier alpha value is -3.55. The minimum absolute atomic E-state index is 0.0305. The molecule has 182 valence electrons. The summed E-state index contributed by atoms with van der Waals surface area (Å²) in [7, 11) is 1.39. The molecule has 8 heteroatoms. The first kappa shape index (κ1) is 25.1. The van der Waals surface area contributed by atoms with Crippen molar-refractivity contribution < 1.29 is 29.0 Å². The predicted octanol–water partition coefficient (Wildman–Crippen LogP) is 4.63. The Morgan fingerprint density at radius 3 is 2.12 bits per heavy atom. The molecule has 8 nitrogen and oxygen atoms in total. The highest BCUT2D eigenvalue weighted by molar-refractivity contribution is 5.80. The summed E-state index contributed by atoms with van der Waals surface area (Å²) in [6, 6.07) is 15.1. The minimum Gasteiger partial charge on any atom is -0.480 e. The van der Waals surface area contributed by atoms with Gasteiger partial charge in [0.15, 0.2) is 0 Å². The number of carboxylic acids is 1. The Labute approximate surface area is 199 Å². The van der Waals surface area contributed by atoms with Gasteiger partial charge in [0, 0.05) is 19.5 Å². The highest BCUT2D eigenvalue weighted by Crippen LogP contribution is 2.44. The zero-order valence-corrected chi connectivity index (χ0v) is 20.0. The maximum absolute atomic E-state index is 12.3. The van der Waals surface area contributed by atoms with Crippen molar-refractivity contribution in [1.29, 1.82) is 0 Å². The molecule has 34 heavy (non-hydrogen) atoms. The third kappa shape index (κ3) is 6.07. The quantitative estimate of drug-likeness (QED) is 0.548. The van der Waals surface area contributed by atoms with Crippen LogP contribution < -0.4 is 5.32 Å². The van der Waals surface area contributed by atoms with Crippen molar-refractivity contribution in [2.45, 2.75) is 51.2 Å². The normalized spacial score (nSPS) is 13.4. The van der Waals surface area contributed by atoms with Crippen molar-refractivity contribution >= 4 is 18.2 Å². The molecule has 2 aromatic rings. The number of hydrogen-bond acceptors (Lipinski definition) is 5. The Morgan fingerprint density at radius 1 is 1.03 bits per heavy atom. The molecule has 1 unspecified atom stereocenters. The fraction of sp³-hybridized carbons (Fsp3) is 0.423. The highest BCUT2D eigenvalue weighted by Gasteiger charge is 2.30. The zero-order valence-electron chi connectivity index (χ0n) is 20.0. The predicted molar refractivity (Wildman–Crippen MR) is 128 cm³/mol. The second-order valence-corrected chi connectivity index (χ2v) is 9.34. The number of carbonyl (C=O) groups is 3. The van der Waals surface area contributed by atoms with Gasteiger partial charge < -0.3 is 19.9 Å². The molecule has 1 atom stereocenters. The van der Waals surface area contributed by atoms with E-state index in [9.17, 15) is 19.5 Å². The molecule has 0 saturated carbocycles. The van der Waals surface area contributed by atoms with Crippen molar-refractivity contribution in [3.63, 3.8) is 0 Å². The standard InChI is InChI=1S/C26H32N2O6/c1-26(2,3)34-25(32)28(4)22(23(29)30)14-9-15-27-24(31)33-16-21-19-12-7-5-10-17(19)18-11-6-8-13-20(18)21/h5-8,10-13,21-22H,9,14-16H2,1-4H3,(H,27,31)(H,29,30). The molecule has 1 aliphatic rings. The van der Waals surface area contributed by atoms with Gasteiger partial charge in [-0.1, -0.05) is 48.5 Å². The number of ether oxygens (including phenoxy) is 2. The first-order valence-electron chi connectivity index (χ1n) is 11.4. The van der Waals surface area contributed by atoms with E-state index < -0.39 is 29.8 Å². The van der Waals surface area contributed by atoms with E-state index in [-0.39, 0.29) is 25.5 Å². The number of benzene rings is 2. The molecule has 0 radical (unpaired) electrons. The summed E-state index contributed by atoms with van der Waals surface area (Å²) in [5.74, 6) is -1.16. The van der Waals surface area contributed by atoms with Crippen LogP contribution in [0.3, 0.4) is 0 Å². The smallest absolute Gasteiger partial charge is 0.410 e. The van der Waals surface area contributed by atoms with Gasteiger partial charge >= 0.3 is 18.2 Å². The molecule has 2 aromatic carbocycles. The molecular formula is C26H32N2O6. The molecule has 0 spiro atoms. The Bertz CT molecular complexity index is 1000. The van der Waals surface area contributed by atoms with Crippen molar-refractivity contribution in [3.8, 4) is 11.1 Å². The number of rotatable bonds is 8. The van der Waals surface area contributed by atoms with Gasteiger partial charge in [0.05, 0.1) is 0 Å². The summed E-state index contributed by atoms with van der Waals surface area (Å²) in [5, 5.41) is 12.2. The number of amides is 2. The van der Waals surface area contributed by atoms with Gasteiger partial charge in [-0.2, -0.15) is 0 Å². The van der Waals surface area contributed by atoms with Gasteiger partial charge in [0.25, 0.3) is 0 Å². The van der Waals surface area contributed by atoms with Gasteiger partial charge in [-0.3, -0.25) is 4.90 Å². The van der Waals surface area contributed by atoms with E-state index in [1.54, 1.807) is 20.8 Å². The van der Waals surface area contributed by atoms with Crippen LogP contribution in [0.25, 0.3) is 11.1 Å². The van der Waals surface area contributed by atoms with Crippen LogP contribution >= 0.6 is 0 Å². The fourth-order valence-electron chi connectivity index (χ4n) is 4.08. The molecule has 1 aliphatic carbocycles. The maximum atomic E-state index is 12.3. The maximum Gasteiger partial charge on any atom is 0.410 e. The largest absolute Gasteiger partial charge is 0.480 e. The molecule has 2 N–H and O–H groups in total. The van der Waals surface area contributed by atoms with Crippen LogP contribution in [0.5, 0.6) is 0 Å². The monoisotopic (exact) mass is 468 g/mol. The number of nitrogens with zero attached hydrogens (tertiary/aromatic N) is 1. The van der Waals surface area contributed by atoms with Crippen LogP contribution in [-0.2, 0) is 14.3 Å². The molecule has 2 amide bonds. The molecular weight excluding hydrogens is 436 g/mol. The van der Waals surface area contributed by atoms with E-state index in [0.29, 0.717) is 6.42 Å². The summed E-state index contributed by atoms with van der Waals surface area (Å²) in [6.45, 7) is 5.58. The first-order chi connectivity index (χ1) is 16.1. The van der Waals surface area contributed by atoms with Crippen molar-refractivity contribution in [2.24, 2.45) is 0 Å². The molecule has 3 rings (SSSR count). The Balaban J connectivity index is 1.47. The Kier molecular flexibility index (Phi) is 7.81. The number of fused-ring (bicyclic) bond motifs is 3. The second-order valence-electron chi connectivity index (χ2n) is 9.34. The molecule has 0 saturated heterocycles. The SMILES string of the molecule is CN(C(=O)OC(C)(C)C)C(CCCNC(=O)OCC1c2ccccc2-c2ccccc21)C(=O)O. The number of carbonyl (C=O) groups excluding carboxylic acids is 2. The van der Waals surface area contributed by atoms with Gasteiger partial charge in [0.2, 0.25) is 0 Å². The summed E-state index contributed by atoms with van der Waals surface area (Å²) >= 11 is 0. The van der Waals surface area contributed by atoms with Crippen LogP contribution in [0.4, 0.5) is 9.59 Å². The lowest BCUT2D eigenvalue weighted by molar-refractivity contribution is -0.142. The van der Waals surface area contributed by atoms with Crippen molar-refractivity contribution in [2.75, 3.05) is 20.2 Å². The zero-order chi connectivity index (χ0) is 24.9. The van der Waals surface area contributed by atoms with Gasteiger partial charge in [-0.05, 0) is 55.9 Å². The van der Waals surface area contributed by atoms with Crippen molar-refractivity contribution in [3.05, 3.63) is 59.7 Å². The van der Waals surface area contributed by atoms with E-state index in [1.807, 2.05) is 24.3 Å². The number of nitrogens with one attached hydrogen (secondary N) is 1. The highest BCUT2D eigenvalue weighted by atomic mass is 16.6. The van der Waals surface area contributed by atoms with Crippen LogP contribution in [0, 0.1) is 0 Å². The molecule has 0 heterocycles. The molecule has 0 bridgehead atoms. The van der Waals surface area contributed by atoms with E-state index >= 15 is 0 Å². The topological polar surface area (TPSA) is 105 Å². The molecule has 0 aliphatic heterocycles. The second kappa shape index (κ2) is 10.6. The summed E-state index contributed by atoms with van der Waals surface area (Å²) in [5.41, 5.74) is 3.85. The minimum atomic E-state index is -1.13. The van der Waals surface area contributed by atoms with E-state index in [4.69, 9.17) is 9.47 Å². The van der Waals surface area contributed by atoms with Crippen LogP contribution in [0.15, 0.2) is 48.5 Å². The average molecular weight is 469 g/mol. The average Bonchev–Trinajstić information content (AvgIpc) is 3.09. The van der Waals surface area contributed by atoms with Crippen LogP contribution in [0.1, 0.15) is 50.7 Å². The lowest BCUT2D eigenvalue weighted by Gasteiger charge is -2.28. The lowest BCUT2D eigenvalue weighted by atomic mass is 9.98. The van der Waals surface area contributed by atoms with Gasteiger partial charge in [-0.25, -0.2) is 14.4 Å². The summed E-state index contributed by atoms with van der Waals surface area (Å²) < 4.78 is 10.7. The van der Waals surface area contributed by atoms with Gasteiger partial charge in [-0.15, -0.1) is 0 Å². The number of carboxylic acid groups (broad SMARTS) is 1. The first-order valence-corrected chi connectivity index (χ1v) is 11.4. The van der Waals surface area contributed by atoms with Gasteiger partial charge in [0.1, 0.15) is 18.2 Å². The summed E-state index contributed by atoms with van der Waals surface area (Å²) in [4.78, 5) is 37.1. The third-order valence-corrected chi connectivity index (χ3v) is 5.70. The van der Waals surface area contributed by atoms with E-state index in [2.05, 4.69) is 29.6 Å². The number of hydrogen-bond donors (Lipinski definition) is 2. The number of alkyl carbamates (subject to hydrolysis) is 1. The van der Waals surface area contributed by atoms with Crippen LogP contribution in [0.2, 0.25) is 0 Å². The van der Waals surface area contributed by atoms with Crippen LogP contribution in [-0.4, -0.2) is 60.0 Å². The third-order valence-electron chi connectivity index (χ3n) is 5.70. The van der Waals surface area contributed by atoms with E-state index in [0.717, 1.165) is 27.2 Å².